The molecule has 1 aliphatic rings. The Morgan fingerprint density at radius 2 is 1.82 bits per heavy atom. The quantitative estimate of drug-likeness (QED) is 0.832. The molecule has 0 spiro atoms. The Kier molecular flexibility index (Phi) is 6.87. The van der Waals surface area contributed by atoms with Crippen molar-refractivity contribution in [2.45, 2.75) is 70.7 Å². The molecular formula is C19H31NO2. The molecule has 0 amide bonds. The SMILES string of the molecule is CC[C@H](OC[C@H](O)CN1[C@@H](C)CCC[C@@H]1C)c1ccccc1. The van der Waals surface area contributed by atoms with Crippen LogP contribution < -0.4 is 0 Å². The van der Waals surface area contributed by atoms with Crippen LogP contribution in [0.2, 0.25) is 0 Å². The van der Waals surface area contributed by atoms with Crippen molar-refractivity contribution < 1.29 is 9.84 Å². The number of ether oxygens (including phenoxy) is 1. The van der Waals surface area contributed by atoms with Crippen LogP contribution in [0.25, 0.3) is 0 Å². The summed E-state index contributed by atoms with van der Waals surface area (Å²) in [6.07, 6.45) is 4.36. The van der Waals surface area contributed by atoms with E-state index in [1.54, 1.807) is 0 Å². The van der Waals surface area contributed by atoms with Gasteiger partial charge >= 0.3 is 0 Å². The van der Waals surface area contributed by atoms with E-state index in [1.165, 1.54) is 24.8 Å². The first-order valence-corrected chi connectivity index (χ1v) is 8.72. The molecule has 124 valence electrons. The molecule has 3 nitrogen and oxygen atoms in total. The second kappa shape index (κ2) is 8.66. The summed E-state index contributed by atoms with van der Waals surface area (Å²) < 4.78 is 5.97. The van der Waals surface area contributed by atoms with Gasteiger partial charge in [0.05, 0.1) is 18.8 Å². The van der Waals surface area contributed by atoms with E-state index in [4.69, 9.17) is 4.74 Å². The molecule has 1 aromatic rings. The first-order chi connectivity index (χ1) is 10.6. The molecule has 0 aliphatic carbocycles. The van der Waals surface area contributed by atoms with E-state index < -0.39 is 6.10 Å². The fraction of sp³-hybridized carbons (Fsp3) is 0.684. The van der Waals surface area contributed by atoms with Crippen LogP contribution in [0.15, 0.2) is 30.3 Å². The number of β-amino-alcohol motifs (C(OH)–C–C–N with tert-alkyl or cyclic N) is 1. The highest BCUT2D eigenvalue weighted by molar-refractivity contribution is 5.17. The first-order valence-electron chi connectivity index (χ1n) is 8.72. The number of likely N-dealkylation sites (tertiary alicyclic amines) is 1. The lowest BCUT2D eigenvalue weighted by molar-refractivity contribution is -0.0377. The molecule has 2 rings (SSSR count). The van der Waals surface area contributed by atoms with E-state index in [0.717, 1.165) is 6.42 Å². The summed E-state index contributed by atoms with van der Waals surface area (Å²) in [5.74, 6) is 0. The summed E-state index contributed by atoms with van der Waals surface area (Å²) in [5, 5.41) is 10.4. The summed E-state index contributed by atoms with van der Waals surface area (Å²) in [5.41, 5.74) is 1.19. The van der Waals surface area contributed by atoms with Crippen molar-refractivity contribution in [3.05, 3.63) is 35.9 Å². The second-order valence-electron chi connectivity index (χ2n) is 6.62. The van der Waals surface area contributed by atoms with E-state index in [1.807, 2.05) is 18.2 Å². The van der Waals surface area contributed by atoms with E-state index in [9.17, 15) is 5.11 Å². The van der Waals surface area contributed by atoms with E-state index in [2.05, 4.69) is 37.8 Å². The van der Waals surface area contributed by atoms with Crippen molar-refractivity contribution in [3.8, 4) is 0 Å². The molecule has 4 atom stereocenters. The maximum Gasteiger partial charge on any atom is 0.0900 e. The summed E-state index contributed by atoms with van der Waals surface area (Å²) in [6, 6.07) is 11.4. The third-order valence-corrected chi connectivity index (χ3v) is 4.83. The third kappa shape index (κ3) is 4.80. The third-order valence-electron chi connectivity index (χ3n) is 4.83. The van der Waals surface area contributed by atoms with Gasteiger partial charge in [0.2, 0.25) is 0 Å². The van der Waals surface area contributed by atoms with Crippen LogP contribution >= 0.6 is 0 Å². The number of piperidine rings is 1. The van der Waals surface area contributed by atoms with Crippen LogP contribution in [-0.2, 0) is 4.74 Å². The Labute approximate surface area is 135 Å². The van der Waals surface area contributed by atoms with Gasteiger partial charge in [0.15, 0.2) is 0 Å². The number of benzene rings is 1. The zero-order chi connectivity index (χ0) is 15.9. The number of aliphatic hydroxyl groups is 1. The minimum absolute atomic E-state index is 0.0760. The van der Waals surface area contributed by atoms with Crippen LogP contribution in [0.1, 0.15) is 58.1 Å². The van der Waals surface area contributed by atoms with Gasteiger partial charge < -0.3 is 9.84 Å². The minimum atomic E-state index is -0.416. The number of aliphatic hydroxyl groups excluding tert-OH is 1. The molecule has 0 radical (unpaired) electrons. The summed E-state index contributed by atoms with van der Waals surface area (Å²) >= 11 is 0. The van der Waals surface area contributed by atoms with Crippen molar-refractivity contribution in [2.24, 2.45) is 0 Å². The van der Waals surface area contributed by atoms with Crippen LogP contribution in [0.4, 0.5) is 0 Å². The Morgan fingerprint density at radius 3 is 2.41 bits per heavy atom. The highest BCUT2D eigenvalue weighted by Crippen LogP contribution is 2.24. The molecule has 1 heterocycles. The lowest BCUT2D eigenvalue weighted by Gasteiger charge is -2.40. The lowest BCUT2D eigenvalue weighted by Crippen LogP contribution is -2.48. The van der Waals surface area contributed by atoms with E-state index in [0.29, 0.717) is 25.2 Å². The van der Waals surface area contributed by atoms with Crippen molar-refractivity contribution in [1.82, 2.24) is 4.90 Å². The zero-order valence-electron chi connectivity index (χ0n) is 14.2. The average Bonchev–Trinajstić information content (AvgIpc) is 2.53. The summed E-state index contributed by atoms with van der Waals surface area (Å²) in [4.78, 5) is 2.43. The van der Waals surface area contributed by atoms with Crippen LogP contribution in [0.5, 0.6) is 0 Å². The zero-order valence-corrected chi connectivity index (χ0v) is 14.2. The lowest BCUT2D eigenvalue weighted by atomic mass is 9.97. The highest BCUT2D eigenvalue weighted by atomic mass is 16.5. The largest absolute Gasteiger partial charge is 0.389 e. The van der Waals surface area contributed by atoms with Crippen molar-refractivity contribution in [1.29, 1.82) is 0 Å². The number of hydrogen-bond acceptors (Lipinski definition) is 3. The van der Waals surface area contributed by atoms with Gasteiger partial charge in [-0.15, -0.1) is 0 Å². The second-order valence-corrected chi connectivity index (χ2v) is 6.62. The molecule has 0 bridgehead atoms. The smallest absolute Gasteiger partial charge is 0.0900 e. The van der Waals surface area contributed by atoms with E-state index in [-0.39, 0.29) is 6.10 Å². The molecule has 1 aromatic carbocycles. The summed E-state index contributed by atoms with van der Waals surface area (Å²) in [7, 11) is 0. The van der Waals surface area contributed by atoms with Gasteiger partial charge in [-0.1, -0.05) is 43.7 Å². The minimum Gasteiger partial charge on any atom is -0.389 e. The monoisotopic (exact) mass is 305 g/mol. The predicted molar refractivity (Wildman–Crippen MR) is 90.9 cm³/mol. The Morgan fingerprint density at radius 1 is 1.18 bits per heavy atom. The molecule has 22 heavy (non-hydrogen) atoms. The number of rotatable bonds is 7. The van der Waals surface area contributed by atoms with Crippen molar-refractivity contribution in [3.63, 3.8) is 0 Å². The van der Waals surface area contributed by atoms with Gasteiger partial charge in [-0.2, -0.15) is 0 Å². The molecule has 0 unspecified atom stereocenters. The van der Waals surface area contributed by atoms with Crippen molar-refractivity contribution in [2.75, 3.05) is 13.2 Å². The topological polar surface area (TPSA) is 32.7 Å². The highest BCUT2D eigenvalue weighted by Gasteiger charge is 2.26. The van der Waals surface area contributed by atoms with Gasteiger partial charge in [-0.05, 0) is 38.7 Å². The fourth-order valence-electron chi connectivity index (χ4n) is 3.48. The summed E-state index contributed by atoms with van der Waals surface area (Å²) in [6.45, 7) is 7.78. The Balaban J connectivity index is 1.82. The normalized spacial score (nSPS) is 25.8. The first kappa shape index (κ1) is 17.5. The molecular weight excluding hydrogens is 274 g/mol. The van der Waals surface area contributed by atoms with Crippen LogP contribution in [-0.4, -0.2) is 41.3 Å². The van der Waals surface area contributed by atoms with Gasteiger partial charge in [0, 0.05) is 18.6 Å². The van der Waals surface area contributed by atoms with Gasteiger partial charge in [0.25, 0.3) is 0 Å². The van der Waals surface area contributed by atoms with Crippen LogP contribution in [0.3, 0.4) is 0 Å². The van der Waals surface area contributed by atoms with E-state index >= 15 is 0 Å². The molecule has 1 N–H and O–H groups in total. The van der Waals surface area contributed by atoms with Gasteiger partial charge in [-0.25, -0.2) is 0 Å². The molecule has 1 fully saturated rings. The van der Waals surface area contributed by atoms with Gasteiger partial charge in [0.1, 0.15) is 0 Å². The predicted octanol–water partition coefficient (Wildman–Crippen LogP) is 3.78. The molecule has 0 aromatic heterocycles. The standard InChI is InChI=1S/C19H31NO2/c1-4-19(17-11-6-5-7-12-17)22-14-18(21)13-20-15(2)9-8-10-16(20)3/h5-7,11-12,15-16,18-19,21H,4,8-10,13-14H2,1-3H3/t15-,16-,18+,19-/m0/s1. The maximum absolute atomic E-state index is 10.4. The molecule has 3 heteroatoms. The number of hydrogen-bond donors (Lipinski definition) is 1. The maximum atomic E-state index is 10.4. The number of nitrogens with zero attached hydrogens (tertiary/aromatic N) is 1. The Hall–Kier alpha value is -0.900. The Bertz CT molecular complexity index is 413. The van der Waals surface area contributed by atoms with Crippen molar-refractivity contribution >= 4 is 0 Å². The van der Waals surface area contributed by atoms with Crippen LogP contribution in [0, 0.1) is 0 Å². The molecule has 1 aliphatic heterocycles. The molecule has 1 saturated heterocycles. The molecule has 0 saturated carbocycles. The fourth-order valence-corrected chi connectivity index (χ4v) is 3.48. The average molecular weight is 305 g/mol. The van der Waals surface area contributed by atoms with Gasteiger partial charge in [-0.3, -0.25) is 4.90 Å².